The normalized spacial score (nSPS) is 14.3. The van der Waals surface area contributed by atoms with E-state index in [9.17, 15) is 9.59 Å². The number of nitrogens with two attached hydrogens (primary N) is 1. The van der Waals surface area contributed by atoms with Crippen LogP contribution in [0.1, 0.15) is 39.4 Å². The zero-order chi connectivity index (χ0) is 13.3. The van der Waals surface area contributed by atoms with Gasteiger partial charge in [-0.2, -0.15) is 0 Å². The van der Waals surface area contributed by atoms with E-state index in [1.54, 1.807) is 11.9 Å². The van der Waals surface area contributed by atoms with Gasteiger partial charge in [0.05, 0.1) is 11.6 Å². The summed E-state index contributed by atoms with van der Waals surface area (Å²) in [5.41, 5.74) is 6.17. The molecule has 0 saturated heterocycles. The van der Waals surface area contributed by atoms with Crippen molar-refractivity contribution >= 4 is 23.4 Å². The van der Waals surface area contributed by atoms with Gasteiger partial charge in [-0.25, -0.2) is 4.98 Å². The lowest BCUT2D eigenvalue weighted by atomic mass is 10.1. The van der Waals surface area contributed by atoms with Gasteiger partial charge in [0, 0.05) is 18.7 Å². The van der Waals surface area contributed by atoms with Crippen molar-refractivity contribution in [3.8, 4) is 0 Å². The summed E-state index contributed by atoms with van der Waals surface area (Å²) in [7, 11) is 1.74. The smallest absolute Gasteiger partial charge is 0.272 e. The summed E-state index contributed by atoms with van der Waals surface area (Å²) in [5.74, 6) is -0.659. The first-order valence-electron chi connectivity index (χ1n) is 5.67. The average molecular weight is 268 g/mol. The molecule has 1 aliphatic carbocycles. The van der Waals surface area contributed by atoms with Crippen molar-refractivity contribution in [2.75, 3.05) is 7.05 Å². The van der Waals surface area contributed by atoms with Crippen molar-refractivity contribution in [3.63, 3.8) is 0 Å². The molecule has 1 heterocycles. The SMILES string of the molecule is CN(C(=O)c1cc(C(N)=O)cc(CCl)n1)C1CC1. The molecule has 0 spiro atoms. The minimum atomic E-state index is -0.591. The predicted molar refractivity (Wildman–Crippen MR) is 67.4 cm³/mol. The Balaban J connectivity index is 2.33. The van der Waals surface area contributed by atoms with E-state index in [0.717, 1.165) is 12.8 Å². The summed E-state index contributed by atoms with van der Waals surface area (Å²) in [6.07, 6.45) is 2.03. The number of carbonyl (C=O) groups excluding carboxylic acids is 2. The predicted octanol–water partition coefficient (Wildman–Crippen LogP) is 1.15. The van der Waals surface area contributed by atoms with E-state index < -0.39 is 5.91 Å². The van der Waals surface area contributed by atoms with Crippen molar-refractivity contribution in [1.29, 1.82) is 0 Å². The average Bonchev–Trinajstić information content (AvgIpc) is 3.20. The summed E-state index contributed by atoms with van der Waals surface area (Å²) in [6.45, 7) is 0. The third-order valence-corrected chi connectivity index (χ3v) is 3.21. The first-order chi connectivity index (χ1) is 8.52. The second-order valence-corrected chi connectivity index (χ2v) is 4.64. The summed E-state index contributed by atoms with van der Waals surface area (Å²) in [4.78, 5) is 29.1. The largest absolute Gasteiger partial charge is 0.366 e. The Bertz CT molecular complexity index is 500. The van der Waals surface area contributed by atoms with Crippen molar-refractivity contribution in [2.24, 2.45) is 5.73 Å². The number of carbonyl (C=O) groups is 2. The molecule has 0 unspecified atom stereocenters. The van der Waals surface area contributed by atoms with E-state index >= 15 is 0 Å². The Morgan fingerprint density at radius 1 is 1.50 bits per heavy atom. The van der Waals surface area contributed by atoms with E-state index in [1.165, 1.54) is 12.1 Å². The number of nitrogens with zero attached hydrogens (tertiary/aromatic N) is 2. The van der Waals surface area contributed by atoms with Gasteiger partial charge in [-0.3, -0.25) is 9.59 Å². The number of hydrogen-bond acceptors (Lipinski definition) is 3. The van der Waals surface area contributed by atoms with Gasteiger partial charge >= 0.3 is 0 Å². The van der Waals surface area contributed by atoms with Gasteiger partial charge in [-0.05, 0) is 25.0 Å². The highest BCUT2D eigenvalue weighted by atomic mass is 35.5. The van der Waals surface area contributed by atoms with Crippen LogP contribution in [0.5, 0.6) is 0 Å². The lowest BCUT2D eigenvalue weighted by Crippen LogP contribution is -2.30. The molecule has 0 bridgehead atoms. The number of amides is 2. The number of halogens is 1. The van der Waals surface area contributed by atoms with Crippen molar-refractivity contribution in [1.82, 2.24) is 9.88 Å². The van der Waals surface area contributed by atoms with E-state index in [-0.39, 0.29) is 29.1 Å². The summed E-state index contributed by atoms with van der Waals surface area (Å²) in [5, 5.41) is 0. The second-order valence-electron chi connectivity index (χ2n) is 4.38. The van der Waals surface area contributed by atoms with Crippen LogP contribution in [0, 0.1) is 0 Å². The number of rotatable bonds is 4. The molecule has 0 aliphatic heterocycles. The van der Waals surface area contributed by atoms with Crippen LogP contribution in [-0.2, 0) is 5.88 Å². The van der Waals surface area contributed by atoms with Crippen LogP contribution >= 0.6 is 11.6 Å². The lowest BCUT2D eigenvalue weighted by Gasteiger charge is -2.16. The highest BCUT2D eigenvalue weighted by Crippen LogP contribution is 2.26. The van der Waals surface area contributed by atoms with Crippen molar-refractivity contribution < 1.29 is 9.59 Å². The summed E-state index contributed by atoms with van der Waals surface area (Å²) < 4.78 is 0. The van der Waals surface area contributed by atoms with Gasteiger partial charge in [0.25, 0.3) is 5.91 Å². The van der Waals surface area contributed by atoms with Gasteiger partial charge in [-0.15, -0.1) is 11.6 Å². The molecule has 0 aromatic carbocycles. The fourth-order valence-electron chi connectivity index (χ4n) is 1.72. The highest BCUT2D eigenvalue weighted by molar-refractivity contribution is 6.17. The molecule has 5 nitrogen and oxygen atoms in total. The minimum absolute atomic E-state index is 0.133. The van der Waals surface area contributed by atoms with E-state index in [2.05, 4.69) is 4.98 Å². The third-order valence-electron chi connectivity index (χ3n) is 2.93. The van der Waals surface area contributed by atoms with Crippen LogP contribution in [0.3, 0.4) is 0 Å². The quantitative estimate of drug-likeness (QED) is 0.832. The molecule has 18 heavy (non-hydrogen) atoms. The zero-order valence-electron chi connectivity index (χ0n) is 10.0. The van der Waals surface area contributed by atoms with E-state index in [0.29, 0.717) is 5.69 Å². The monoisotopic (exact) mass is 267 g/mol. The molecule has 1 fully saturated rings. The topological polar surface area (TPSA) is 76.3 Å². The molecular formula is C12H14ClN3O2. The molecule has 1 aromatic heterocycles. The van der Waals surface area contributed by atoms with E-state index in [4.69, 9.17) is 17.3 Å². The van der Waals surface area contributed by atoms with Crippen LogP contribution in [0.4, 0.5) is 0 Å². The van der Waals surface area contributed by atoms with Crippen molar-refractivity contribution in [3.05, 3.63) is 29.1 Å². The Kier molecular flexibility index (Phi) is 3.52. The second kappa shape index (κ2) is 4.94. The van der Waals surface area contributed by atoms with Gasteiger partial charge in [0.1, 0.15) is 5.69 Å². The Morgan fingerprint density at radius 2 is 2.17 bits per heavy atom. The summed E-state index contributed by atoms with van der Waals surface area (Å²) >= 11 is 5.70. The molecule has 1 saturated carbocycles. The van der Waals surface area contributed by atoms with Crippen molar-refractivity contribution in [2.45, 2.75) is 24.8 Å². The molecule has 0 radical (unpaired) electrons. The maximum atomic E-state index is 12.1. The van der Waals surface area contributed by atoms with Crippen LogP contribution in [-0.4, -0.2) is 34.8 Å². The summed E-state index contributed by atoms with van der Waals surface area (Å²) in [6, 6.07) is 3.21. The molecule has 2 amide bonds. The minimum Gasteiger partial charge on any atom is -0.366 e. The van der Waals surface area contributed by atoms with Crippen LogP contribution in [0.25, 0.3) is 0 Å². The lowest BCUT2D eigenvalue weighted by molar-refractivity contribution is 0.0779. The first kappa shape index (κ1) is 12.8. The van der Waals surface area contributed by atoms with Crippen LogP contribution in [0.2, 0.25) is 0 Å². The molecule has 6 heteroatoms. The van der Waals surface area contributed by atoms with Gasteiger partial charge in [0.15, 0.2) is 0 Å². The molecular weight excluding hydrogens is 254 g/mol. The first-order valence-corrected chi connectivity index (χ1v) is 6.20. The highest BCUT2D eigenvalue weighted by Gasteiger charge is 2.31. The van der Waals surface area contributed by atoms with E-state index in [1.807, 2.05) is 0 Å². The van der Waals surface area contributed by atoms with Gasteiger partial charge in [-0.1, -0.05) is 0 Å². The van der Waals surface area contributed by atoms with Crippen LogP contribution in [0.15, 0.2) is 12.1 Å². The maximum Gasteiger partial charge on any atom is 0.272 e. The number of hydrogen-bond donors (Lipinski definition) is 1. The number of alkyl halides is 1. The third kappa shape index (κ3) is 2.61. The number of aromatic nitrogens is 1. The molecule has 2 N–H and O–H groups in total. The molecule has 1 aromatic rings. The number of pyridine rings is 1. The standard InChI is InChI=1S/C12H14ClN3O2/c1-16(9-2-3-9)12(18)10-5-7(11(14)17)4-8(6-13)15-10/h4-5,9H,2-3,6H2,1H3,(H2,14,17). The van der Waals surface area contributed by atoms with Gasteiger partial charge in [0.2, 0.25) is 5.91 Å². The Hall–Kier alpha value is -1.62. The maximum absolute atomic E-state index is 12.1. The molecule has 96 valence electrons. The molecule has 0 atom stereocenters. The fraction of sp³-hybridized carbons (Fsp3) is 0.417. The molecule has 2 rings (SSSR count). The van der Waals surface area contributed by atoms with Gasteiger partial charge < -0.3 is 10.6 Å². The number of primary amides is 1. The zero-order valence-corrected chi connectivity index (χ0v) is 10.8. The Morgan fingerprint density at radius 3 is 2.67 bits per heavy atom. The molecule has 1 aliphatic rings. The van der Waals surface area contributed by atoms with Crippen LogP contribution < -0.4 is 5.73 Å². The fourth-order valence-corrected chi connectivity index (χ4v) is 1.85. The Labute approximate surface area is 110 Å².